The number of rotatable bonds is 10. The Hall–Kier alpha value is -1.55. The van der Waals surface area contributed by atoms with Crippen LogP contribution in [0.5, 0.6) is 0 Å². The van der Waals surface area contributed by atoms with Crippen LogP contribution in [0.3, 0.4) is 0 Å². The van der Waals surface area contributed by atoms with E-state index in [9.17, 15) is 4.79 Å². The molecule has 2 rings (SSSR count). The van der Waals surface area contributed by atoms with Gasteiger partial charge in [0.05, 0.1) is 0 Å². The minimum atomic E-state index is -0.310. The van der Waals surface area contributed by atoms with Crippen molar-refractivity contribution < 1.29 is 9.53 Å². The molecule has 4 nitrogen and oxygen atoms in total. The second-order valence-corrected chi connectivity index (χ2v) is 6.99. The topological polar surface area (TPSA) is 50.4 Å². The van der Waals surface area contributed by atoms with Gasteiger partial charge in [-0.3, -0.25) is 0 Å². The number of carbonyl (C=O) groups excluding carboxylic acids is 1. The largest absolute Gasteiger partial charge is 0.445 e. The third-order valence-electron chi connectivity index (χ3n) is 4.68. The number of hydrogen-bond donors (Lipinski definition) is 2. The van der Waals surface area contributed by atoms with Gasteiger partial charge >= 0.3 is 6.09 Å². The lowest BCUT2D eigenvalue weighted by molar-refractivity contribution is 0.124. The van der Waals surface area contributed by atoms with Crippen molar-refractivity contribution in [2.75, 3.05) is 0 Å². The Morgan fingerprint density at radius 3 is 2.62 bits per heavy atom. The van der Waals surface area contributed by atoms with Crippen molar-refractivity contribution in [1.82, 2.24) is 10.6 Å². The second-order valence-electron chi connectivity index (χ2n) is 6.99. The summed E-state index contributed by atoms with van der Waals surface area (Å²) in [7, 11) is 0. The van der Waals surface area contributed by atoms with Gasteiger partial charge in [-0.25, -0.2) is 4.79 Å². The third kappa shape index (κ3) is 6.91. The van der Waals surface area contributed by atoms with E-state index in [1.165, 1.54) is 32.1 Å². The molecule has 0 heterocycles. The Bertz CT molecular complexity index is 472. The normalized spacial score (nSPS) is 20.9. The van der Waals surface area contributed by atoms with Crippen LogP contribution in [0.2, 0.25) is 0 Å². The SMILES string of the molecule is CCCCCCC(C)NC1CC(NC(=O)OCc2ccccc2)C1. The van der Waals surface area contributed by atoms with Crippen LogP contribution in [0.4, 0.5) is 4.79 Å². The zero-order valence-electron chi connectivity index (χ0n) is 15.1. The quantitative estimate of drug-likeness (QED) is 0.625. The van der Waals surface area contributed by atoms with E-state index in [1.807, 2.05) is 30.3 Å². The number of nitrogens with one attached hydrogen (secondary N) is 2. The molecule has 134 valence electrons. The lowest BCUT2D eigenvalue weighted by Crippen LogP contribution is -2.54. The zero-order valence-corrected chi connectivity index (χ0v) is 15.1. The van der Waals surface area contributed by atoms with Crippen molar-refractivity contribution in [2.24, 2.45) is 0 Å². The average Bonchev–Trinajstić information content (AvgIpc) is 2.56. The van der Waals surface area contributed by atoms with E-state index < -0.39 is 0 Å². The van der Waals surface area contributed by atoms with Crippen LogP contribution in [-0.4, -0.2) is 24.2 Å². The highest BCUT2D eigenvalue weighted by Gasteiger charge is 2.31. The molecule has 2 N–H and O–H groups in total. The van der Waals surface area contributed by atoms with Gasteiger partial charge in [0, 0.05) is 18.1 Å². The number of ether oxygens (including phenoxy) is 1. The number of alkyl carbamates (subject to hydrolysis) is 1. The van der Waals surface area contributed by atoms with Gasteiger partial charge in [0.2, 0.25) is 0 Å². The van der Waals surface area contributed by atoms with E-state index >= 15 is 0 Å². The molecule has 1 saturated carbocycles. The summed E-state index contributed by atoms with van der Waals surface area (Å²) in [4.78, 5) is 11.8. The summed E-state index contributed by atoms with van der Waals surface area (Å²) in [5.74, 6) is 0. The lowest BCUT2D eigenvalue weighted by Gasteiger charge is -2.37. The van der Waals surface area contributed by atoms with Gasteiger partial charge in [-0.05, 0) is 31.7 Å². The summed E-state index contributed by atoms with van der Waals surface area (Å²) in [5, 5.41) is 6.61. The van der Waals surface area contributed by atoms with E-state index in [2.05, 4.69) is 24.5 Å². The molecule has 0 radical (unpaired) electrons. The molecule has 0 spiro atoms. The van der Waals surface area contributed by atoms with E-state index in [4.69, 9.17) is 4.74 Å². The molecule has 1 aromatic carbocycles. The van der Waals surface area contributed by atoms with Gasteiger partial charge in [0.1, 0.15) is 6.61 Å². The van der Waals surface area contributed by atoms with Crippen LogP contribution < -0.4 is 10.6 Å². The average molecular weight is 332 g/mol. The minimum absolute atomic E-state index is 0.248. The minimum Gasteiger partial charge on any atom is -0.445 e. The number of amides is 1. The summed E-state index contributed by atoms with van der Waals surface area (Å²) >= 11 is 0. The first-order chi connectivity index (χ1) is 11.7. The summed E-state index contributed by atoms with van der Waals surface area (Å²) < 4.78 is 5.26. The van der Waals surface area contributed by atoms with Gasteiger partial charge in [-0.1, -0.05) is 62.9 Å². The van der Waals surface area contributed by atoms with Crippen LogP contribution in [0.1, 0.15) is 64.4 Å². The molecule has 0 aliphatic heterocycles. The van der Waals surface area contributed by atoms with Crippen molar-refractivity contribution in [3.8, 4) is 0 Å². The number of hydrogen-bond acceptors (Lipinski definition) is 3. The molecule has 1 atom stereocenters. The highest BCUT2D eigenvalue weighted by atomic mass is 16.5. The highest BCUT2D eigenvalue weighted by molar-refractivity contribution is 5.67. The summed E-state index contributed by atoms with van der Waals surface area (Å²) in [5.41, 5.74) is 1.01. The Kier molecular flexibility index (Phi) is 8.10. The molecule has 0 bridgehead atoms. The Morgan fingerprint density at radius 2 is 1.92 bits per heavy atom. The highest BCUT2D eigenvalue weighted by Crippen LogP contribution is 2.21. The van der Waals surface area contributed by atoms with E-state index in [-0.39, 0.29) is 12.1 Å². The molecule has 4 heteroatoms. The molecular weight excluding hydrogens is 300 g/mol. The van der Waals surface area contributed by atoms with E-state index in [1.54, 1.807) is 0 Å². The molecule has 1 amide bonds. The lowest BCUT2D eigenvalue weighted by atomic mass is 9.86. The maximum Gasteiger partial charge on any atom is 0.407 e. The predicted octanol–water partition coefficient (Wildman–Crippen LogP) is 4.39. The fourth-order valence-corrected chi connectivity index (χ4v) is 3.17. The van der Waals surface area contributed by atoms with Gasteiger partial charge in [-0.2, -0.15) is 0 Å². The second kappa shape index (κ2) is 10.3. The Morgan fingerprint density at radius 1 is 1.17 bits per heavy atom. The van der Waals surface area contributed by atoms with Gasteiger partial charge < -0.3 is 15.4 Å². The smallest absolute Gasteiger partial charge is 0.407 e. The van der Waals surface area contributed by atoms with Crippen LogP contribution in [0, 0.1) is 0 Å². The molecule has 1 aliphatic rings. The molecule has 1 aliphatic carbocycles. The molecule has 1 fully saturated rings. The number of carbonyl (C=O) groups is 1. The molecule has 1 unspecified atom stereocenters. The van der Waals surface area contributed by atoms with E-state index in [0.29, 0.717) is 18.7 Å². The molecular formula is C20H32N2O2. The standard InChI is InChI=1S/C20H32N2O2/c1-3-4-5-7-10-16(2)21-18-13-19(14-18)22-20(23)24-15-17-11-8-6-9-12-17/h6,8-9,11-12,16,18-19,21H,3-5,7,10,13-15H2,1-2H3,(H,22,23). The first-order valence-electron chi connectivity index (χ1n) is 9.40. The van der Waals surface area contributed by atoms with Crippen LogP contribution >= 0.6 is 0 Å². The van der Waals surface area contributed by atoms with Crippen molar-refractivity contribution in [3.63, 3.8) is 0 Å². The maximum absolute atomic E-state index is 11.8. The van der Waals surface area contributed by atoms with Crippen LogP contribution in [-0.2, 0) is 11.3 Å². The van der Waals surface area contributed by atoms with Gasteiger partial charge in [0.25, 0.3) is 0 Å². The van der Waals surface area contributed by atoms with Crippen molar-refractivity contribution in [3.05, 3.63) is 35.9 Å². The Balaban J connectivity index is 1.52. The number of benzene rings is 1. The first-order valence-corrected chi connectivity index (χ1v) is 9.40. The van der Waals surface area contributed by atoms with Crippen molar-refractivity contribution >= 4 is 6.09 Å². The monoisotopic (exact) mass is 332 g/mol. The molecule has 24 heavy (non-hydrogen) atoms. The van der Waals surface area contributed by atoms with Crippen molar-refractivity contribution in [2.45, 2.75) is 83.5 Å². The third-order valence-corrected chi connectivity index (χ3v) is 4.68. The summed E-state index contributed by atoms with van der Waals surface area (Å²) in [6, 6.07) is 11.1. The molecule has 0 saturated heterocycles. The zero-order chi connectivity index (χ0) is 17.2. The predicted molar refractivity (Wildman–Crippen MR) is 97.9 cm³/mol. The summed E-state index contributed by atoms with van der Waals surface area (Å²) in [6.07, 6.45) is 8.21. The molecule has 1 aromatic rings. The fourth-order valence-electron chi connectivity index (χ4n) is 3.17. The fraction of sp³-hybridized carbons (Fsp3) is 0.650. The maximum atomic E-state index is 11.8. The van der Waals surface area contributed by atoms with Crippen molar-refractivity contribution in [1.29, 1.82) is 0 Å². The Labute approximate surface area is 146 Å². The summed E-state index contributed by atoms with van der Waals surface area (Å²) in [6.45, 7) is 4.84. The van der Waals surface area contributed by atoms with Crippen LogP contribution in [0.25, 0.3) is 0 Å². The molecule has 0 aromatic heterocycles. The van der Waals surface area contributed by atoms with Gasteiger partial charge in [0.15, 0.2) is 0 Å². The van der Waals surface area contributed by atoms with E-state index in [0.717, 1.165) is 18.4 Å². The number of unbranched alkanes of at least 4 members (excludes halogenated alkanes) is 3. The van der Waals surface area contributed by atoms with Gasteiger partial charge in [-0.15, -0.1) is 0 Å². The first kappa shape index (κ1) is 18.8. The van der Waals surface area contributed by atoms with Crippen LogP contribution in [0.15, 0.2) is 30.3 Å².